The van der Waals surface area contributed by atoms with Crippen LogP contribution < -0.4 is 17.0 Å². The molecule has 0 aliphatic carbocycles. The van der Waals surface area contributed by atoms with Gasteiger partial charge >= 0.3 is 5.97 Å². The maximum absolute atomic E-state index is 11.7. The van der Waals surface area contributed by atoms with Crippen molar-refractivity contribution in [2.75, 3.05) is 33.4 Å². The standard InChI is InChI=1S/C24H32NO4.BrH/c1-28-24(27)22-12-10-20(11-13-22)16-25(14-6-3-7-15-25)17-23(26)19-29-18-21-8-4-2-5-9-21;/h2,4-5,8-13,23,26H,3,6-7,14-19H2,1H3;1H/q+1;/p-1. The number of piperidine rings is 1. The van der Waals surface area contributed by atoms with Crippen molar-refractivity contribution >= 4 is 5.97 Å². The number of likely N-dealkylation sites (tertiary alicyclic amines) is 1. The molecule has 1 N–H and O–H groups in total. The lowest BCUT2D eigenvalue weighted by molar-refractivity contribution is -0.947. The van der Waals surface area contributed by atoms with Crippen LogP contribution in [0.1, 0.15) is 40.7 Å². The van der Waals surface area contributed by atoms with E-state index < -0.39 is 6.10 Å². The zero-order chi connectivity index (χ0) is 20.5. The molecule has 6 heteroatoms. The number of aliphatic hydroxyl groups is 1. The van der Waals surface area contributed by atoms with Gasteiger partial charge in [0, 0.05) is 5.56 Å². The fraction of sp³-hybridized carbons (Fsp3) is 0.458. The van der Waals surface area contributed by atoms with E-state index in [-0.39, 0.29) is 23.0 Å². The number of benzene rings is 2. The molecule has 2 aromatic rings. The van der Waals surface area contributed by atoms with E-state index in [1.165, 1.54) is 31.9 Å². The number of carbonyl (C=O) groups excluding carboxylic acids is 1. The molecule has 2 aromatic carbocycles. The van der Waals surface area contributed by atoms with Crippen molar-refractivity contribution in [1.82, 2.24) is 0 Å². The molecule has 30 heavy (non-hydrogen) atoms. The number of methoxy groups -OCH3 is 1. The molecule has 3 rings (SSSR count). The molecule has 0 radical (unpaired) electrons. The Morgan fingerprint density at radius 2 is 1.67 bits per heavy atom. The van der Waals surface area contributed by atoms with Crippen LogP contribution in [-0.2, 0) is 22.6 Å². The number of ether oxygens (including phenoxy) is 2. The molecule has 1 fully saturated rings. The van der Waals surface area contributed by atoms with Gasteiger partial charge in [-0.05, 0) is 37.0 Å². The molecule has 1 atom stereocenters. The first kappa shape index (κ1) is 24.5. The summed E-state index contributed by atoms with van der Waals surface area (Å²) in [5.74, 6) is -0.315. The Labute approximate surface area is 190 Å². The number of quaternary nitrogens is 1. The third kappa shape index (κ3) is 7.20. The van der Waals surface area contributed by atoms with Gasteiger partial charge in [-0.3, -0.25) is 0 Å². The summed E-state index contributed by atoms with van der Waals surface area (Å²) in [7, 11) is 1.39. The average Bonchev–Trinajstić information content (AvgIpc) is 2.75. The second-order valence-electron chi connectivity index (χ2n) is 8.03. The Balaban J connectivity index is 0.00000320. The summed E-state index contributed by atoms with van der Waals surface area (Å²) in [5, 5.41) is 10.7. The lowest BCUT2D eigenvalue weighted by Gasteiger charge is -2.43. The van der Waals surface area contributed by atoms with Crippen LogP contribution in [0, 0.1) is 0 Å². The first-order chi connectivity index (χ1) is 14.1. The molecular weight excluding hydrogens is 446 g/mol. The van der Waals surface area contributed by atoms with E-state index in [0.717, 1.165) is 29.7 Å². The van der Waals surface area contributed by atoms with E-state index >= 15 is 0 Å². The van der Waals surface area contributed by atoms with E-state index in [9.17, 15) is 9.90 Å². The van der Waals surface area contributed by atoms with Gasteiger partial charge in [-0.15, -0.1) is 0 Å². The number of esters is 1. The Morgan fingerprint density at radius 1 is 1.00 bits per heavy atom. The van der Waals surface area contributed by atoms with Gasteiger partial charge in [0.15, 0.2) is 0 Å². The molecule has 0 saturated carbocycles. The third-order valence-electron chi connectivity index (χ3n) is 5.68. The highest BCUT2D eigenvalue weighted by molar-refractivity contribution is 5.89. The van der Waals surface area contributed by atoms with Gasteiger partial charge < -0.3 is 36.0 Å². The first-order valence-corrected chi connectivity index (χ1v) is 10.4. The van der Waals surface area contributed by atoms with Crippen LogP contribution in [0.3, 0.4) is 0 Å². The smallest absolute Gasteiger partial charge is 0.337 e. The minimum atomic E-state index is -0.494. The van der Waals surface area contributed by atoms with E-state index in [1.807, 2.05) is 54.6 Å². The summed E-state index contributed by atoms with van der Waals surface area (Å²) >= 11 is 0. The SMILES string of the molecule is COC(=O)c1ccc(C[N+]2(CC(O)COCc3ccccc3)CCCCC2)cc1.[Br-]. The van der Waals surface area contributed by atoms with E-state index in [2.05, 4.69) is 0 Å². The van der Waals surface area contributed by atoms with Gasteiger partial charge in [-0.25, -0.2) is 4.79 Å². The lowest BCUT2D eigenvalue weighted by atomic mass is 10.0. The molecule has 1 aliphatic rings. The maximum atomic E-state index is 11.7. The third-order valence-corrected chi connectivity index (χ3v) is 5.68. The van der Waals surface area contributed by atoms with Crippen molar-refractivity contribution < 1.29 is 40.8 Å². The molecule has 1 unspecified atom stereocenters. The minimum absolute atomic E-state index is 0. The summed E-state index contributed by atoms with van der Waals surface area (Å²) in [6.07, 6.45) is 3.11. The summed E-state index contributed by atoms with van der Waals surface area (Å²) in [6, 6.07) is 17.7. The predicted octanol–water partition coefficient (Wildman–Crippen LogP) is 0.556. The zero-order valence-corrected chi connectivity index (χ0v) is 19.2. The molecule has 0 aromatic heterocycles. The molecule has 0 spiro atoms. The fourth-order valence-corrected chi connectivity index (χ4v) is 4.23. The monoisotopic (exact) mass is 477 g/mol. The maximum Gasteiger partial charge on any atom is 0.337 e. The van der Waals surface area contributed by atoms with Gasteiger partial charge in [-0.1, -0.05) is 42.5 Å². The van der Waals surface area contributed by atoms with Crippen LogP contribution >= 0.6 is 0 Å². The Hall–Kier alpha value is -1.73. The second kappa shape index (κ2) is 12.2. The van der Waals surface area contributed by atoms with Gasteiger partial charge in [0.1, 0.15) is 19.2 Å². The predicted molar refractivity (Wildman–Crippen MR) is 112 cm³/mol. The largest absolute Gasteiger partial charge is 1.00 e. The number of rotatable bonds is 9. The van der Waals surface area contributed by atoms with Gasteiger partial charge in [0.05, 0.1) is 39.0 Å². The number of aliphatic hydroxyl groups excluding tert-OH is 1. The van der Waals surface area contributed by atoms with Crippen LogP contribution in [0.15, 0.2) is 54.6 Å². The summed E-state index contributed by atoms with van der Waals surface area (Å²) in [6.45, 7) is 4.54. The normalized spacial score (nSPS) is 16.3. The fourth-order valence-electron chi connectivity index (χ4n) is 4.23. The second-order valence-corrected chi connectivity index (χ2v) is 8.03. The zero-order valence-electron chi connectivity index (χ0n) is 17.6. The number of hydrogen-bond acceptors (Lipinski definition) is 4. The molecule has 164 valence electrons. The molecule has 5 nitrogen and oxygen atoms in total. The molecule has 1 saturated heterocycles. The highest BCUT2D eigenvalue weighted by Gasteiger charge is 2.32. The molecular formula is C24H32BrNO4. The van der Waals surface area contributed by atoms with Crippen LogP contribution in [0.25, 0.3) is 0 Å². The van der Waals surface area contributed by atoms with Crippen molar-refractivity contribution in [3.63, 3.8) is 0 Å². The van der Waals surface area contributed by atoms with Crippen LogP contribution in [-0.4, -0.2) is 55.0 Å². The van der Waals surface area contributed by atoms with Gasteiger partial charge in [0.2, 0.25) is 0 Å². The van der Waals surface area contributed by atoms with Crippen molar-refractivity contribution in [3.05, 3.63) is 71.3 Å². The van der Waals surface area contributed by atoms with Crippen molar-refractivity contribution in [2.45, 2.75) is 38.5 Å². The number of halogens is 1. The van der Waals surface area contributed by atoms with E-state index in [0.29, 0.717) is 25.3 Å². The summed E-state index contributed by atoms with van der Waals surface area (Å²) in [4.78, 5) is 11.7. The summed E-state index contributed by atoms with van der Waals surface area (Å²) in [5.41, 5.74) is 2.86. The Morgan fingerprint density at radius 3 is 2.30 bits per heavy atom. The quantitative estimate of drug-likeness (QED) is 0.423. The number of hydrogen-bond donors (Lipinski definition) is 1. The van der Waals surface area contributed by atoms with E-state index in [1.54, 1.807) is 0 Å². The number of nitrogens with zero attached hydrogens (tertiary/aromatic N) is 1. The Bertz CT molecular complexity index is 761. The number of carbonyl (C=O) groups is 1. The molecule has 1 heterocycles. The van der Waals surface area contributed by atoms with Crippen LogP contribution in [0.4, 0.5) is 0 Å². The van der Waals surface area contributed by atoms with Crippen LogP contribution in [0.2, 0.25) is 0 Å². The molecule has 0 amide bonds. The van der Waals surface area contributed by atoms with Gasteiger partial charge in [-0.2, -0.15) is 0 Å². The molecule has 0 bridgehead atoms. The topological polar surface area (TPSA) is 55.8 Å². The van der Waals surface area contributed by atoms with Crippen LogP contribution in [0.5, 0.6) is 0 Å². The van der Waals surface area contributed by atoms with Crippen molar-refractivity contribution in [3.8, 4) is 0 Å². The molecule has 1 aliphatic heterocycles. The summed E-state index contributed by atoms with van der Waals surface area (Å²) < 4.78 is 11.4. The first-order valence-electron chi connectivity index (χ1n) is 10.4. The average molecular weight is 478 g/mol. The highest BCUT2D eigenvalue weighted by Crippen LogP contribution is 2.24. The highest BCUT2D eigenvalue weighted by atomic mass is 79.9. The lowest BCUT2D eigenvalue weighted by Crippen LogP contribution is -3.00. The minimum Gasteiger partial charge on any atom is -1.00 e. The Kier molecular flexibility index (Phi) is 9.98. The van der Waals surface area contributed by atoms with E-state index in [4.69, 9.17) is 9.47 Å². The van der Waals surface area contributed by atoms with Crippen molar-refractivity contribution in [2.24, 2.45) is 0 Å². The van der Waals surface area contributed by atoms with Gasteiger partial charge in [0.25, 0.3) is 0 Å². The van der Waals surface area contributed by atoms with Crippen molar-refractivity contribution in [1.29, 1.82) is 0 Å².